The Kier molecular flexibility index (Phi) is 3.77. The average molecular weight is 120 g/mol. The fourth-order valence-electron chi connectivity index (χ4n) is 0.306. The summed E-state index contributed by atoms with van der Waals surface area (Å²) < 4.78 is 4.69. The van der Waals surface area contributed by atoms with Crippen LogP contribution >= 0.6 is 0 Å². The molecule has 0 radical (unpaired) electrons. The van der Waals surface area contributed by atoms with Crippen molar-refractivity contribution >= 4 is 0 Å². The molecule has 2 atom stereocenters. The van der Waals surface area contributed by atoms with Crippen molar-refractivity contribution in [1.29, 1.82) is 0 Å². The normalized spacial score (nSPS) is 18.0. The third-order valence-electron chi connectivity index (χ3n) is 1.10. The monoisotopic (exact) mass is 120 g/mol. The topological polar surface area (TPSA) is 49.7 Å². The molecule has 0 rings (SSSR count). The van der Waals surface area contributed by atoms with Crippen molar-refractivity contribution in [2.24, 2.45) is 0 Å². The van der Waals surface area contributed by atoms with Gasteiger partial charge in [-0.1, -0.05) is 0 Å². The third kappa shape index (κ3) is 2.26. The van der Waals surface area contributed by atoms with Crippen LogP contribution in [0.1, 0.15) is 6.92 Å². The van der Waals surface area contributed by atoms with E-state index in [4.69, 9.17) is 14.9 Å². The molecule has 0 aliphatic rings. The number of rotatable bonds is 3. The number of ether oxygens (including phenoxy) is 1. The van der Waals surface area contributed by atoms with E-state index < -0.39 is 6.10 Å². The van der Waals surface area contributed by atoms with Gasteiger partial charge in [-0.05, 0) is 6.92 Å². The average Bonchev–Trinajstić information content (AvgIpc) is 1.84. The summed E-state index contributed by atoms with van der Waals surface area (Å²) in [5, 5.41) is 17.1. The Hall–Kier alpha value is -0.120. The molecule has 3 heteroatoms. The predicted octanol–water partition coefficient (Wildman–Crippen LogP) is -0.626. The second-order valence-corrected chi connectivity index (χ2v) is 1.69. The molecule has 0 fully saturated rings. The smallest absolute Gasteiger partial charge is 0.103 e. The largest absolute Gasteiger partial charge is 0.394 e. The van der Waals surface area contributed by atoms with E-state index in [1.54, 1.807) is 6.92 Å². The second-order valence-electron chi connectivity index (χ2n) is 1.69. The molecule has 3 nitrogen and oxygen atoms in total. The standard InChI is InChI=1S/C5H12O3/c1-4(8-2)5(7)3-6/h4-7H,3H2,1-2H3. The van der Waals surface area contributed by atoms with Crippen LogP contribution in [0, 0.1) is 0 Å². The fraction of sp³-hybridized carbons (Fsp3) is 1.00. The maximum Gasteiger partial charge on any atom is 0.103 e. The molecule has 0 aliphatic heterocycles. The molecule has 0 aromatic carbocycles. The molecule has 2 N–H and O–H groups in total. The Bertz CT molecular complexity index is 47.6. The lowest BCUT2D eigenvalue weighted by Crippen LogP contribution is -2.27. The first-order chi connectivity index (χ1) is 3.72. The van der Waals surface area contributed by atoms with Crippen LogP contribution < -0.4 is 0 Å². The number of methoxy groups -OCH3 is 1. The Morgan fingerprint density at radius 3 is 2.25 bits per heavy atom. The highest BCUT2D eigenvalue weighted by molar-refractivity contribution is 4.59. The first kappa shape index (κ1) is 7.88. The van der Waals surface area contributed by atoms with E-state index >= 15 is 0 Å². The minimum Gasteiger partial charge on any atom is -0.394 e. The van der Waals surface area contributed by atoms with Crippen LogP contribution in [0.3, 0.4) is 0 Å². The van der Waals surface area contributed by atoms with Crippen molar-refractivity contribution < 1.29 is 14.9 Å². The Labute approximate surface area is 48.9 Å². The fourth-order valence-corrected chi connectivity index (χ4v) is 0.306. The van der Waals surface area contributed by atoms with Crippen molar-refractivity contribution in [3.8, 4) is 0 Å². The number of hydrogen-bond acceptors (Lipinski definition) is 3. The predicted molar refractivity (Wildman–Crippen MR) is 29.6 cm³/mol. The van der Waals surface area contributed by atoms with Crippen LogP contribution in [0.4, 0.5) is 0 Å². The van der Waals surface area contributed by atoms with Crippen molar-refractivity contribution in [2.75, 3.05) is 13.7 Å². The summed E-state index contributed by atoms with van der Waals surface area (Å²) in [4.78, 5) is 0. The molecule has 0 aromatic rings. The molecule has 2 unspecified atom stereocenters. The molecule has 0 aliphatic carbocycles. The van der Waals surface area contributed by atoms with Gasteiger partial charge in [-0.3, -0.25) is 0 Å². The molecule has 0 saturated carbocycles. The van der Waals surface area contributed by atoms with Gasteiger partial charge in [0.25, 0.3) is 0 Å². The quantitative estimate of drug-likeness (QED) is 0.521. The maximum atomic E-state index is 8.75. The first-order valence-corrected chi connectivity index (χ1v) is 2.54. The van der Waals surface area contributed by atoms with Crippen molar-refractivity contribution in [3.05, 3.63) is 0 Å². The zero-order valence-corrected chi connectivity index (χ0v) is 5.16. The van der Waals surface area contributed by atoms with Gasteiger partial charge in [-0.2, -0.15) is 0 Å². The van der Waals surface area contributed by atoms with Gasteiger partial charge in [0, 0.05) is 7.11 Å². The zero-order valence-electron chi connectivity index (χ0n) is 5.16. The van der Waals surface area contributed by atoms with E-state index in [1.807, 2.05) is 0 Å². The summed E-state index contributed by atoms with van der Waals surface area (Å²) in [5.74, 6) is 0. The van der Waals surface area contributed by atoms with Gasteiger partial charge in [-0.25, -0.2) is 0 Å². The van der Waals surface area contributed by atoms with E-state index in [2.05, 4.69) is 0 Å². The van der Waals surface area contributed by atoms with Crippen LogP contribution in [-0.4, -0.2) is 36.1 Å². The Morgan fingerprint density at radius 2 is 2.12 bits per heavy atom. The van der Waals surface area contributed by atoms with E-state index in [9.17, 15) is 0 Å². The Morgan fingerprint density at radius 1 is 1.62 bits per heavy atom. The minimum absolute atomic E-state index is 0.241. The molecule has 0 aromatic heterocycles. The highest BCUT2D eigenvalue weighted by Gasteiger charge is 2.09. The molecular formula is C5H12O3. The molecule has 50 valence electrons. The molecule has 0 bridgehead atoms. The number of hydrogen-bond donors (Lipinski definition) is 2. The summed E-state index contributed by atoms with van der Waals surface area (Å²) >= 11 is 0. The van der Waals surface area contributed by atoms with E-state index in [1.165, 1.54) is 7.11 Å². The summed E-state index contributed by atoms with van der Waals surface area (Å²) in [5.41, 5.74) is 0. The summed E-state index contributed by atoms with van der Waals surface area (Å²) in [6.45, 7) is 1.45. The zero-order chi connectivity index (χ0) is 6.57. The van der Waals surface area contributed by atoms with Gasteiger partial charge in [0.05, 0.1) is 12.7 Å². The maximum absolute atomic E-state index is 8.75. The SMILES string of the molecule is COC(C)C(O)CO. The molecule has 0 spiro atoms. The summed E-state index contributed by atoms with van der Waals surface area (Å²) in [7, 11) is 1.49. The highest BCUT2D eigenvalue weighted by Crippen LogP contribution is 1.93. The van der Waals surface area contributed by atoms with Crippen LogP contribution in [0.5, 0.6) is 0 Å². The van der Waals surface area contributed by atoms with E-state index in [0.29, 0.717) is 0 Å². The second kappa shape index (κ2) is 3.83. The Balaban J connectivity index is 3.29. The highest BCUT2D eigenvalue weighted by atomic mass is 16.5. The van der Waals surface area contributed by atoms with Gasteiger partial charge in [0.2, 0.25) is 0 Å². The molecule has 0 heterocycles. The summed E-state index contributed by atoms with van der Waals surface area (Å²) in [6, 6.07) is 0. The lowest BCUT2D eigenvalue weighted by Gasteiger charge is -2.13. The molecule has 0 saturated heterocycles. The van der Waals surface area contributed by atoms with Gasteiger partial charge >= 0.3 is 0 Å². The van der Waals surface area contributed by atoms with Crippen LogP contribution in [0.25, 0.3) is 0 Å². The van der Waals surface area contributed by atoms with E-state index in [0.717, 1.165) is 0 Å². The number of aliphatic hydroxyl groups is 2. The molecule has 8 heavy (non-hydrogen) atoms. The van der Waals surface area contributed by atoms with Crippen molar-refractivity contribution in [3.63, 3.8) is 0 Å². The lowest BCUT2D eigenvalue weighted by atomic mass is 10.2. The minimum atomic E-state index is -0.750. The third-order valence-corrected chi connectivity index (χ3v) is 1.10. The lowest BCUT2D eigenvalue weighted by molar-refractivity contribution is -0.0276. The van der Waals surface area contributed by atoms with Gasteiger partial charge < -0.3 is 14.9 Å². The van der Waals surface area contributed by atoms with Crippen molar-refractivity contribution in [2.45, 2.75) is 19.1 Å². The summed E-state index contributed by atoms with van der Waals surface area (Å²) in [6.07, 6.45) is -1.03. The van der Waals surface area contributed by atoms with Crippen LogP contribution in [0.2, 0.25) is 0 Å². The first-order valence-electron chi connectivity index (χ1n) is 2.54. The van der Waals surface area contributed by atoms with Crippen LogP contribution in [-0.2, 0) is 4.74 Å². The molecule has 0 amide bonds. The van der Waals surface area contributed by atoms with Crippen LogP contribution in [0.15, 0.2) is 0 Å². The van der Waals surface area contributed by atoms with Gasteiger partial charge in [-0.15, -0.1) is 0 Å². The van der Waals surface area contributed by atoms with Gasteiger partial charge in [0.1, 0.15) is 6.10 Å². The number of aliphatic hydroxyl groups excluding tert-OH is 2. The van der Waals surface area contributed by atoms with E-state index in [-0.39, 0.29) is 12.7 Å². The molecular weight excluding hydrogens is 108 g/mol. The van der Waals surface area contributed by atoms with Gasteiger partial charge in [0.15, 0.2) is 0 Å². The van der Waals surface area contributed by atoms with Crippen molar-refractivity contribution in [1.82, 2.24) is 0 Å².